The molecule has 1 aliphatic rings. The number of thiophene rings is 1. The van der Waals surface area contributed by atoms with Crippen LogP contribution in [0.4, 0.5) is 5.69 Å². The molecule has 1 amide bonds. The normalized spacial score (nSPS) is 16.7. The molecule has 1 aliphatic heterocycles. The van der Waals surface area contributed by atoms with Crippen LogP contribution in [0.2, 0.25) is 8.67 Å². The first-order valence-electron chi connectivity index (χ1n) is 7.85. The minimum absolute atomic E-state index is 0.0750. The number of para-hydroxylation sites is 2. The second kappa shape index (κ2) is 7.64. The molecule has 0 radical (unpaired) electrons. The van der Waals surface area contributed by atoms with E-state index in [0.717, 1.165) is 22.1 Å². The van der Waals surface area contributed by atoms with E-state index >= 15 is 0 Å². The van der Waals surface area contributed by atoms with Crippen LogP contribution in [0.1, 0.15) is 13.3 Å². The van der Waals surface area contributed by atoms with Gasteiger partial charge < -0.3 is 10.1 Å². The molecule has 6 nitrogen and oxygen atoms in total. The van der Waals surface area contributed by atoms with Gasteiger partial charge in [0.1, 0.15) is 15.0 Å². The topological polar surface area (TPSA) is 75.7 Å². The number of nitrogens with zero attached hydrogens (tertiary/aromatic N) is 1. The number of benzene rings is 1. The molecule has 1 atom stereocenters. The number of fused-ring (bicyclic) bond motifs is 1. The molecule has 1 N–H and O–H groups in total. The number of carbonyl (C=O) groups is 1. The van der Waals surface area contributed by atoms with Crippen molar-refractivity contribution in [3.8, 4) is 5.75 Å². The molecule has 2 aromatic rings. The Morgan fingerprint density at radius 3 is 2.77 bits per heavy atom. The molecule has 2 heterocycles. The maximum Gasteiger partial charge on any atom is 0.266 e. The first kappa shape index (κ1) is 19.3. The third-order valence-electron chi connectivity index (χ3n) is 3.77. The second-order valence-electron chi connectivity index (χ2n) is 5.59. The summed E-state index contributed by atoms with van der Waals surface area (Å²) in [5.41, 5.74) is 0.352. The SMILES string of the molecule is CCCNC(=O)[C@@H]1CN(S(=O)(=O)c2cc(Cl)sc2Cl)c2ccccc2O1. The highest BCUT2D eigenvalue weighted by molar-refractivity contribution is 7.93. The third-order valence-corrected chi connectivity index (χ3v) is 7.30. The van der Waals surface area contributed by atoms with Crippen LogP contribution >= 0.6 is 34.5 Å². The Labute approximate surface area is 165 Å². The fourth-order valence-electron chi connectivity index (χ4n) is 2.55. The van der Waals surface area contributed by atoms with Crippen molar-refractivity contribution < 1.29 is 17.9 Å². The summed E-state index contributed by atoms with van der Waals surface area (Å²) in [5.74, 6) is -0.0487. The van der Waals surface area contributed by atoms with Crippen LogP contribution < -0.4 is 14.4 Å². The number of nitrogens with one attached hydrogen (secondary N) is 1. The first-order chi connectivity index (χ1) is 12.3. The van der Waals surface area contributed by atoms with Crippen LogP contribution in [-0.4, -0.2) is 33.5 Å². The van der Waals surface area contributed by atoms with Gasteiger partial charge >= 0.3 is 0 Å². The summed E-state index contributed by atoms with van der Waals surface area (Å²) in [6, 6.07) is 7.97. The molecule has 0 unspecified atom stereocenters. The van der Waals surface area contributed by atoms with Gasteiger partial charge in [-0.05, 0) is 24.6 Å². The Morgan fingerprint density at radius 2 is 2.12 bits per heavy atom. The number of amides is 1. The Balaban J connectivity index is 2.02. The van der Waals surface area contributed by atoms with E-state index in [1.165, 1.54) is 6.07 Å². The van der Waals surface area contributed by atoms with Crippen molar-refractivity contribution in [1.29, 1.82) is 0 Å². The molecule has 0 spiro atoms. The zero-order valence-corrected chi connectivity index (χ0v) is 16.9. The molecule has 0 saturated heterocycles. The second-order valence-corrected chi connectivity index (χ2v) is 9.71. The maximum absolute atomic E-state index is 13.2. The van der Waals surface area contributed by atoms with Gasteiger partial charge in [-0.25, -0.2) is 8.42 Å². The molecule has 0 fully saturated rings. The molecule has 10 heteroatoms. The van der Waals surface area contributed by atoms with Gasteiger partial charge in [0.15, 0.2) is 6.10 Å². The van der Waals surface area contributed by atoms with Gasteiger partial charge in [0.25, 0.3) is 15.9 Å². The summed E-state index contributed by atoms with van der Waals surface area (Å²) < 4.78 is 33.5. The fraction of sp³-hybridized carbons (Fsp3) is 0.312. The van der Waals surface area contributed by atoms with Gasteiger partial charge in [-0.15, -0.1) is 11.3 Å². The van der Waals surface area contributed by atoms with Crippen LogP contribution in [-0.2, 0) is 14.8 Å². The van der Waals surface area contributed by atoms with Gasteiger partial charge in [0.05, 0.1) is 16.6 Å². The van der Waals surface area contributed by atoms with Gasteiger partial charge in [-0.2, -0.15) is 0 Å². The number of ether oxygens (including phenoxy) is 1. The van der Waals surface area contributed by atoms with Gasteiger partial charge in [-0.3, -0.25) is 9.10 Å². The zero-order valence-electron chi connectivity index (χ0n) is 13.7. The van der Waals surface area contributed by atoms with Gasteiger partial charge in [-0.1, -0.05) is 42.3 Å². The van der Waals surface area contributed by atoms with Gasteiger partial charge in [0, 0.05) is 6.54 Å². The summed E-state index contributed by atoms with van der Waals surface area (Å²) in [6.45, 7) is 2.26. The minimum atomic E-state index is -4.00. The van der Waals surface area contributed by atoms with Crippen molar-refractivity contribution in [3.63, 3.8) is 0 Å². The average Bonchev–Trinajstić information content (AvgIpc) is 2.97. The third kappa shape index (κ3) is 3.64. The summed E-state index contributed by atoms with van der Waals surface area (Å²) in [7, 11) is -4.00. The van der Waals surface area contributed by atoms with Crippen molar-refractivity contribution in [1.82, 2.24) is 5.32 Å². The highest BCUT2D eigenvalue weighted by Crippen LogP contribution is 2.41. The lowest BCUT2D eigenvalue weighted by Crippen LogP contribution is -2.50. The number of hydrogen-bond donors (Lipinski definition) is 1. The number of anilines is 1. The fourth-order valence-corrected chi connectivity index (χ4v) is 6.14. The maximum atomic E-state index is 13.2. The Hall–Kier alpha value is -1.48. The predicted octanol–water partition coefficient (Wildman–Crippen LogP) is 3.54. The van der Waals surface area contributed by atoms with Crippen molar-refractivity contribution in [2.45, 2.75) is 24.3 Å². The van der Waals surface area contributed by atoms with Crippen molar-refractivity contribution in [2.75, 3.05) is 17.4 Å². The van der Waals surface area contributed by atoms with Crippen molar-refractivity contribution in [3.05, 3.63) is 39.0 Å². The molecular formula is C16H16Cl2N2O4S2. The van der Waals surface area contributed by atoms with Gasteiger partial charge in [0.2, 0.25) is 0 Å². The minimum Gasteiger partial charge on any atom is -0.476 e. The largest absolute Gasteiger partial charge is 0.476 e. The molecule has 3 rings (SSSR count). The lowest BCUT2D eigenvalue weighted by atomic mass is 10.2. The summed E-state index contributed by atoms with van der Waals surface area (Å²) >= 11 is 12.9. The number of rotatable bonds is 5. The van der Waals surface area contributed by atoms with Crippen LogP contribution in [0.15, 0.2) is 35.2 Å². The number of halogens is 2. The van der Waals surface area contributed by atoms with Crippen LogP contribution in [0, 0.1) is 0 Å². The first-order valence-corrected chi connectivity index (χ1v) is 10.9. The van der Waals surface area contributed by atoms with E-state index in [-0.39, 0.29) is 26.0 Å². The monoisotopic (exact) mass is 434 g/mol. The van der Waals surface area contributed by atoms with E-state index in [1.54, 1.807) is 24.3 Å². The molecule has 1 aromatic carbocycles. The van der Waals surface area contributed by atoms with E-state index in [0.29, 0.717) is 18.0 Å². The van der Waals surface area contributed by atoms with E-state index in [9.17, 15) is 13.2 Å². The smallest absolute Gasteiger partial charge is 0.266 e. The lowest BCUT2D eigenvalue weighted by Gasteiger charge is -2.34. The number of hydrogen-bond acceptors (Lipinski definition) is 5. The Bertz CT molecular complexity index is 930. The van der Waals surface area contributed by atoms with E-state index in [1.807, 2.05) is 6.92 Å². The Kier molecular flexibility index (Phi) is 5.67. The molecule has 1 aromatic heterocycles. The quantitative estimate of drug-likeness (QED) is 0.780. The van der Waals surface area contributed by atoms with Crippen LogP contribution in [0.3, 0.4) is 0 Å². The van der Waals surface area contributed by atoms with Crippen LogP contribution in [0.25, 0.3) is 0 Å². The van der Waals surface area contributed by atoms with E-state index in [4.69, 9.17) is 27.9 Å². The molecule has 0 bridgehead atoms. The summed E-state index contributed by atoms with van der Waals surface area (Å²) in [4.78, 5) is 12.3. The highest BCUT2D eigenvalue weighted by Gasteiger charge is 2.38. The average molecular weight is 435 g/mol. The standard InChI is InChI=1S/C16H16Cl2N2O4S2/c1-2-7-19-16(21)12-9-20(10-5-3-4-6-11(10)24-12)26(22,23)13-8-14(17)25-15(13)18/h3-6,8,12H,2,7,9H2,1H3,(H,19,21)/t12-/m0/s1. The number of sulfonamides is 1. The highest BCUT2D eigenvalue weighted by atomic mass is 35.5. The van der Waals surface area contributed by atoms with E-state index < -0.39 is 16.1 Å². The predicted molar refractivity (Wildman–Crippen MR) is 103 cm³/mol. The van der Waals surface area contributed by atoms with E-state index in [2.05, 4.69) is 5.32 Å². The Morgan fingerprint density at radius 1 is 1.38 bits per heavy atom. The van der Waals surface area contributed by atoms with Crippen molar-refractivity contribution in [2.24, 2.45) is 0 Å². The molecule has 0 saturated carbocycles. The molecular weight excluding hydrogens is 419 g/mol. The summed E-state index contributed by atoms with van der Waals surface area (Å²) in [6.07, 6.45) is -0.195. The summed E-state index contributed by atoms with van der Waals surface area (Å²) in [5, 5.41) is 2.73. The lowest BCUT2D eigenvalue weighted by molar-refractivity contribution is -0.127. The number of carbonyl (C=O) groups excluding carboxylic acids is 1. The zero-order chi connectivity index (χ0) is 18.9. The van der Waals surface area contributed by atoms with Crippen molar-refractivity contribution >= 4 is 56.2 Å². The molecule has 140 valence electrons. The van der Waals surface area contributed by atoms with Crippen LogP contribution in [0.5, 0.6) is 5.75 Å². The molecule has 0 aliphatic carbocycles. The molecule has 26 heavy (non-hydrogen) atoms.